The summed E-state index contributed by atoms with van der Waals surface area (Å²) in [4.78, 5) is 13.5. The van der Waals surface area contributed by atoms with Crippen LogP contribution in [0.25, 0.3) is 0 Å². The molecular formula is C12H14F2N2O2. The van der Waals surface area contributed by atoms with Crippen LogP contribution < -0.4 is 10.1 Å². The largest absolute Gasteiger partial charge is 0.433 e. The van der Waals surface area contributed by atoms with Gasteiger partial charge in [-0.3, -0.25) is 0 Å². The number of ether oxygens (including phenoxy) is 1. The SMILES string of the molecule is O=C(Nc1ccccc1OC(F)F)N1CCCC1. The second kappa shape index (κ2) is 5.66. The van der Waals surface area contributed by atoms with Gasteiger partial charge in [0.05, 0.1) is 5.69 Å². The van der Waals surface area contributed by atoms with Crippen LogP contribution in [0.1, 0.15) is 12.8 Å². The first-order valence-corrected chi connectivity index (χ1v) is 5.76. The van der Waals surface area contributed by atoms with Crippen molar-refractivity contribution in [2.75, 3.05) is 18.4 Å². The summed E-state index contributed by atoms with van der Waals surface area (Å²) in [7, 11) is 0. The van der Waals surface area contributed by atoms with E-state index in [2.05, 4.69) is 10.1 Å². The molecule has 1 saturated heterocycles. The summed E-state index contributed by atoms with van der Waals surface area (Å²) in [5.74, 6) is -0.0277. The van der Waals surface area contributed by atoms with Crippen molar-refractivity contribution in [2.45, 2.75) is 19.5 Å². The number of nitrogens with zero attached hydrogens (tertiary/aromatic N) is 1. The van der Waals surface area contributed by atoms with Gasteiger partial charge in [-0.1, -0.05) is 12.1 Å². The fraction of sp³-hybridized carbons (Fsp3) is 0.417. The Morgan fingerprint density at radius 3 is 2.61 bits per heavy atom. The average Bonchev–Trinajstić information content (AvgIpc) is 2.84. The third-order valence-electron chi connectivity index (χ3n) is 2.74. The van der Waals surface area contributed by atoms with E-state index in [-0.39, 0.29) is 17.5 Å². The maximum atomic E-state index is 12.2. The molecule has 1 N–H and O–H groups in total. The normalized spacial score (nSPS) is 14.9. The number of carbonyl (C=O) groups excluding carboxylic acids is 1. The zero-order chi connectivity index (χ0) is 13.0. The van der Waals surface area contributed by atoms with E-state index in [1.54, 1.807) is 17.0 Å². The first-order valence-electron chi connectivity index (χ1n) is 5.76. The molecule has 1 aliphatic heterocycles. The minimum absolute atomic E-state index is 0.0277. The second-order valence-electron chi connectivity index (χ2n) is 4.00. The topological polar surface area (TPSA) is 41.6 Å². The molecule has 0 aromatic heterocycles. The number of hydrogen-bond acceptors (Lipinski definition) is 2. The minimum Gasteiger partial charge on any atom is -0.433 e. The maximum Gasteiger partial charge on any atom is 0.387 e. The molecule has 18 heavy (non-hydrogen) atoms. The van der Waals surface area contributed by atoms with Gasteiger partial charge in [0, 0.05) is 13.1 Å². The average molecular weight is 256 g/mol. The van der Waals surface area contributed by atoms with E-state index in [1.165, 1.54) is 12.1 Å². The summed E-state index contributed by atoms with van der Waals surface area (Å²) >= 11 is 0. The molecule has 2 rings (SSSR count). The Labute approximate surface area is 104 Å². The van der Waals surface area contributed by atoms with Gasteiger partial charge in [0.15, 0.2) is 0 Å². The lowest BCUT2D eigenvalue weighted by Gasteiger charge is -2.17. The lowest BCUT2D eigenvalue weighted by atomic mass is 10.3. The van der Waals surface area contributed by atoms with Crippen molar-refractivity contribution in [2.24, 2.45) is 0 Å². The molecule has 1 aliphatic rings. The molecule has 0 radical (unpaired) electrons. The zero-order valence-corrected chi connectivity index (χ0v) is 9.73. The van der Waals surface area contributed by atoms with Crippen molar-refractivity contribution in [3.63, 3.8) is 0 Å². The van der Waals surface area contributed by atoms with E-state index in [1.807, 2.05) is 0 Å². The number of hydrogen-bond donors (Lipinski definition) is 1. The molecule has 2 amide bonds. The smallest absolute Gasteiger partial charge is 0.387 e. The van der Waals surface area contributed by atoms with Crippen molar-refractivity contribution in [1.29, 1.82) is 0 Å². The number of anilines is 1. The van der Waals surface area contributed by atoms with Crippen LogP contribution in [-0.4, -0.2) is 30.6 Å². The van der Waals surface area contributed by atoms with Crippen molar-refractivity contribution in [3.8, 4) is 5.75 Å². The van der Waals surface area contributed by atoms with Gasteiger partial charge >= 0.3 is 12.6 Å². The van der Waals surface area contributed by atoms with Gasteiger partial charge < -0.3 is 15.0 Å². The Balaban J connectivity index is 2.05. The van der Waals surface area contributed by atoms with Crippen LogP contribution in [0.15, 0.2) is 24.3 Å². The highest BCUT2D eigenvalue weighted by atomic mass is 19.3. The second-order valence-corrected chi connectivity index (χ2v) is 4.00. The molecule has 1 aromatic carbocycles. The number of urea groups is 1. The number of carbonyl (C=O) groups is 1. The number of para-hydroxylation sites is 2. The van der Waals surface area contributed by atoms with Gasteiger partial charge in [-0.15, -0.1) is 0 Å². The number of likely N-dealkylation sites (tertiary alicyclic amines) is 1. The van der Waals surface area contributed by atoms with Crippen LogP contribution in [0, 0.1) is 0 Å². The van der Waals surface area contributed by atoms with Gasteiger partial charge in [0.2, 0.25) is 0 Å². The molecule has 0 atom stereocenters. The van der Waals surface area contributed by atoms with Crippen LogP contribution in [0.5, 0.6) is 5.75 Å². The Hall–Kier alpha value is -1.85. The zero-order valence-electron chi connectivity index (χ0n) is 9.73. The highest BCUT2D eigenvalue weighted by Crippen LogP contribution is 2.26. The minimum atomic E-state index is -2.91. The number of benzene rings is 1. The molecule has 0 aliphatic carbocycles. The number of halogens is 2. The predicted octanol–water partition coefficient (Wildman–Crippen LogP) is 2.92. The van der Waals surface area contributed by atoms with E-state index in [0.29, 0.717) is 13.1 Å². The predicted molar refractivity (Wildman–Crippen MR) is 62.9 cm³/mol. The van der Waals surface area contributed by atoms with Crippen LogP contribution >= 0.6 is 0 Å². The molecule has 98 valence electrons. The number of alkyl halides is 2. The van der Waals surface area contributed by atoms with Crippen LogP contribution in [-0.2, 0) is 0 Å². The molecule has 1 heterocycles. The maximum absolute atomic E-state index is 12.2. The third-order valence-corrected chi connectivity index (χ3v) is 2.74. The molecule has 0 unspecified atom stereocenters. The lowest BCUT2D eigenvalue weighted by Crippen LogP contribution is -2.32. The lowest BCUT2D eigenvalue weighted by molar-refractivity contribution is -0.0493. The van der Waals surface area contributed by atoms with E-state index in [9.17, 15) is 13.6 Å². The van der Waals surface area contributed by atoms with Crippen molar-refractivity contribution in [1.82, 2.24) is 4.90 Å². The highest BCUT2D eigenvalue weighted by Gasteiger charge is 2.19. The molecule has 4 nitrogen and oxygen atoms in total. The Morgan fingerprint density at radius 2 is 1.94 bits per heavy atom. The number of nitrogens with one attached hydrogen (secondary N) is 1. The van der Waals surface area contributed by atoms with Crippen molar-refractivity contribution >= 4 is 11.7 Å². The van der Waals surface area contributed by atoms with Gasteiger partial charge in [-0.2, -0.15) is 8.78 Å². The van der Waals surface area contributed by atoms with Gasteiger partial charge in [0.1, 0.15) is 5.75 Å². The quantitative estimate of drug-likeness (QED) is 0.903. The monoisotopic (exact) mass is 256 g/mol. The van der Waals surface area contributed by atoms with Gasteiger partial charge in [0.25, 0.3) is 0 Å². The van der Waals surface area contributed by atoms with E-state index in [4.69, 9.17) is 0 Å². The molecule has 1 aromatic rings. The van der Waals surface area contributed by atoms with Crippen molar-refractivity contribution in [3.05, 3.63) is 24.3 Å². The Morgan fingerprint density at radius 1 is 1.28 bits per heavy atom. The Kier molecular flexibility index (Phi) is 3.96. The Bertz CT molecular complexity index is 420. The van der Waals surface area contributed by atoms with Crippen LogP contribution in [0.4, 0.5) is 19.3 Å². The van der Waals surface area contributed by atoms with E-state index >= 15 is 0 Å². The molecular weight excluding hydrogens is 242 g/mol. The van der Waals surface area contributed by atoms with Gasteiger partial charge in [-0.25, -0.2) is 4.79 Å². The van der Waals surface area contributed by atoms with Crippen molar-refractivity contribution < 1.29 is 18.3 Å². The molecule has 0 spiro atoms. The van der Waals surface area contributed by atoms with Gasteiger partial charge in [-0.05, 0) is 25.0 Å². The summed E-state index contributed by atoms with van der Waals surface area (Å²) in [5.41, 5.74) is 0.259. The first-order chi connectivity index (χ1) is 8.66. The van der Waals surface area contributed by atoms with Crippen LogP contribution in [0.3, 0.4) is 0 Å². The summed E-state index contributed by atoms with van der Waals surface area (Å²) in [6.07, 6.45) is 1.95. The molecule has 6 heteroatoms. The molecule has 1 fully saturated rings. The third kappa shape index (κ3) is 3.09. The fourth-order valence-electron chi connectivity index (χ4n) is 1.88. The summed E-state index contributed by atoms with van der Waals surface area (Å²) in [6.45, 7) is -1.51. The first kappa shape index (κ1) is 12.6. The van der Waals surface area contributed by atoms with E-state index < -0.39 is 6.61 Å². The number of rotatable bonds is 3. The molecule has 0 bridgehead atoms. The standard InChI is InChI=1S/C12H14F2N2O2/c13-11(14)18-10-6-2-1-5-9(10)15-12(17)16-7-3-4-8-16/h1-2,5-6,11H,3-4,7-8H2,(H,15,17). The fourth-order valence-corrected chi connectivity index (χ4v) is 1.88. The summed E-state index contributed by atoms with van der Waals surface area (Å²) in [6, 6.07) is 5.87. The van der Waals surface area contributed by atoms with E-state index in [0.717, 1.165) is 12.8 Å². The number of amides is 2. The highest BCUT2D eigenvalue weighted by molar-refractivity contribution is 5.91. The van der Waals surface area contributed by atoms with Crippen LogP contribution in [0.2, 0.25) is 0 Å². The summed E-state index contributed by atoms with van der Waals surface area (Å²) < 4.78 is 28.7. The molecule has 0 saturated carbocycles. The summed E-state index contributed by atoms with van der Waals surface area (Å²) in [5, 5.41) is 2.59.